The molecule has 0 aromatic heterocycles. The second-order valence-electron chi connectivity index (χ2n) is 4.72. The minimum Gasteiger partial charge on any atom is -0.344 e. The normalized spacial score (nSPS) is 19.4. The minimum absolute atomic E-state index is 0.129. The van der Waals surface area contributed by atoms with Crippen LogP contribution in [-0.4, -0.2) is 19.0 Å². The van der Waals surface area contributed by atoms with Crippen molar-refractivity contribution in [2.75, 3.05) is 13.2 Å². The van der Waals surface area contributed by atoms with E-state index in [0.29, 0.717) is 25.2 Å². The number of benzene rings is 1. The lowest BCUT2D eigenvalue weighted by atomic mass is 9.99. The zero-order valence-electron chi connectivity index (χ0n) is 11.5. The van der Waals surface area contributed by atoms with Gasteiger partial charge in [0.1, 0.15) is 0 Å². The lowest BCUT2D eigenvalue weighted by Crippen LogP contribution is -2.30. The summed E-state index contributed by atoms with van der Waals surface area (Å²) in [6.45, 7) is 4.54. The molecular weight excluding hydrogens is 269 g/mol. The van der Waals surface area contributed by atoms with Gasteiger partial charge in [0, 0.05) is 6.42 Å². The Morgan fingerprint density at radius 1 is 1.25 bits per heavy atom. The van der Waals surface area contributed by atoms with Crippen LogP contribution in [0.25, 0.3) is 6.08 Å². The Labute approximate surface area is 116 Å². The highest BCUT2D eigenvalue weighted by molar-refractivity contribution is 5.58. The molecule has 0 amide bonds. The maximum Gasteiger partial charge on any atom is 0.416 e. The Balaban J connectivity index is 2.40. The average Bonchev–Trinajstić information content (AvgIpc) is 2.88. The summed E-state index contributed by atoms with van der Waals surface area (Å²) in [6, 6.07) is 5.50. The van der Waals surface area contributed by atoms with Crippen LogP contribution in [0.4, 0.5) is 13.2 Å². The molecule has 0 N–H and O–H groups in total. The van der Waals surface area contributed by atoms with Gasteiger partial charge in [-0.25, -0.2) is 0 Å². The number of hydrogen-bond donors (Lipinski definition) is 0. The molecule has 0 spiro atoms. The third kappa shape index (κ3) is 2.88. The van der Waals surface area contributed by atoms with Crippen LogP contribution in [0.1, 0.15) is 31.4 Å². The topological polar surface area (TPSA) is 18.5 Å². The first kappa shape index (κ1) is 15.1. The van der Waals surface area contributed by atoms with Crippen LogP contribution in [0.2, 0.25) is 0 Å². The van der Waals surface area contributed by atoms with E-state index < -0.39 is 17.5 Å². The minimum atomic E-state index is -4.37. The van der Waals surface area contributed by atoms with Crippen molar-refractivity contribution in [3.63, 3.8) is 0 Å². The van der Waals surface area contributed by atoms with E-state index >= 15 is 0 Å². The predicted octanol–water partition coefficient (Wildman–Crippen LogP) is 4.26. The van der Waals surface area contributed by atoms with Crippen molar-refractivity contribution in [3.8, 4) is 0 Å². The van der Waals surface area contributed by atoms with E-state index in [4.69, 9.17) is 9.47 Å². The van der Waals surface area contributed by atoms with Crippen molar-refractivity contribution in [3.05, 3.63) is 41.0 Å². The molecule has 20 heavy (non-hydrogen) atoms. The molecule has 5 heteroatoms. The second-order valence-corrected chi connectivity index (χ2v) is 4.72. The van der Waals surface area contributed by atoms with Gasteiger partial charge in [0.15, 0.2) is 5.79 Å². The SMILES string of the molecule is CCC1(/C(C)=C/c2ccccc2C(F)(F)F)OCCO1. The van der Waals surface area contributed by atoms with Crippen LogP contribution in [0.15, 0.2) is 29.8 Å². The fourth-order valence-electron chi connectivity index (χ4n) is 2.39. The van der Waals surface area contributed by atoms with Crippen molar-refractivity contribution in [1.29, 1.82) is 0 Å². The van der Waals surface area contributed by atoms with Crippen molar-refractivity contribution in [1.82, 2.24) is 0 Å². The highest BCUT2D eigenvalue weighted by atomic mass is 19.4. The van der Waals surface area contributed by atoms with Crippen LogP contribution < -0.4 is 0 Å². The highest BCUT2D eigenvalue weighted by Crippen LogP contribution is 2.36. The van der Waals surface area contributed by atoms with Gasteiger partial charge in [-0.15, -0.1) is 0 Å². The summed E-state index contributed by atoms with van der Waals surface area (Å²) in [7, 11) is 0. The molecule has 2 rings (SSSR count). The average molecular weight is 286 g/mol. The van der Waals surface area contributed by atoms with Gasteiger partial charge >= 0.3 is 6.18 Å². The van der Waals surface area contributed by atoms with Gasteiger partial charge in [0.25, 0.3) is 0 Å². The summed E-state index contributed by atoms with van der Waals surface area (Å²) in [5.74, 6) is -0.890. The standard InChI is InChI=1S/C15H17F3O2/c1-3-14(19-8-9-20-14)11(2)10-12-6-4-5-7-13(12)15(16,17)18/h4-7,10H,3,8-9H2,1-2H3/b11-10+. The van der Waals surface area contributed by atoms with E-state index in [9.17, 15) is 13.2 Å². The molecule has 110 valence electrons. The zero-order valence-corrected chi connectivity index (χ0v) is 11.5. The lowest BCUT2D eigenvalue weighted by molar-refractivity contribution is -0.138. The number of hydrogen-bond acceptors (Lipinski definition) is 2. The zero-order chi connectivity index (χ0) is 14.8. The van der Waals surface area contributed by atoms with E-state index in [0.717, 1.165) is 6.07 Å². The molecule has 0 radical (unpaired) electrons. The van der Waals surface area contributed by atoms with E-state index in [1.165, 1.54) is 18.2 Å². The Morgan fingerprint density at radius 2 is 1.85 bits per heavy atom. The van der Waals surface area contributed by atoms with E-state index in [-0.39, 0.29) is 5.56 Å². The highest BCUT2D eigenvalue weighted by Gasteiger charge is 2.37. The molecule has 1 aliphatic heterocycles. The van der Waals surface area contributed by atoms with Crippen LogP contribution in [0, 0.1) is 0 Å². The van der Waals surface area contributed by atoms with E-state index in [1.54, 1.807) is 13.0 Å². The molecule has 1 aromatic rings. The van der Waals surface area contributed by atoms with Gasteiger partial charge in [-0.1, -0.05) is 31.2 Å². The lowest BCUT2D eigenvalue weighted by Gasteiger charge is -2.27. The molecule has 0 bridgehead atoms. The fraction of sp³-hybridized carbons (Fsp3) is 0.467. The monoisotopic (exact) mass is 286 g/mol. The number of rotatable bonds is 3. The second kappa shape index (κ2) is 5.58. The first-order chi connectivity index (χ1) is 9.39. The molecule has 0 aliphatic carbocycles. The van der Waals surface area contributed by atoms with Gasteiger partial charge in [0.2, 0.25) is 0 Å². The molecule has 2 nitrogen and oxygen atoms in total. The van der Waals surface area contributed by atoms with E-state index in [1.807, 2.05) is 6.92 Å². The maximum absolute atomic E-state index is 13.0. The van der Waals surface area contributed by atoms with Crippen LogP contribution in [-0.2, 0) is 15.7 Å². The number of halogens is 3. The van der Waals surface area contributed by atoms with Gasteiger partial charge in [0.05, 0.1) is 18.8 Å². The Morgan fingerprint density at radius 3 is 2.40 bits per heavy atom. The molecule has 1 aromatic carbocycles. The molecule has 1 fully saturated rings. The summed E-state index contributed by atoms with van der Waals surface area (Å²) < 4.78 is 50.0. The number of alkyl halides is 3. The first-order valence-electron chi connectivity index (χ1n) is 6.52. The molecule has 0 saturated carbocycles. The van der Waals surface area contributed by atoms with Crippen LogP contribution in [0.5, 0.6) is 0 Å². The van der Waals surface area contributed by atoms with Gasteiger partial charge < -0.3 is 9.47 Å². The molecule has 1 aliphatic rings. The molecule has 0 unspecified atom stereocenters. The van der Waals surface area contributed by atoms with Crippen LogP contribution in [0.3, 0.4) is 0 Å². The smallest absolute Gasteiger partial charge is 0.344 e. The molecule has 1 heterocycles. The molecule has 0 atom stereocenters. The van der Waals surface area contributed by atoms with Crippen molar-refractivity contribution in [2.24, 2.45) is 0 Å². The molecule has 1 saturated heterocycles. The summed E-state index contributed by atoms with van der Waals surface area (Å²) in [4.78, 5) is 0. The van der Waals surface area contributed by atoms with Crippen molar-refractivity contribution < 1.29 is 22.6 Å². The number of ether oxygens (including phenoxy) is 2. The summed E-state index contributed by atoms with van der Waals surface area (Å²) in [6.07, 6.45) is -2.31. The molecular formula is C15H17F3O2. The van der Waals surface area contributed by atoms with Crippen molar-refractivity contribution in [2.45, 2.75) is 32.2 Å². The first-order valence-corrected chi connectivity index (χ1v) is 6.52. The summed E-state index contributed by atoms with van der Waals surface area (Å²) >= 11 is 0. The maximum atomic E-state index is 13.0. The largest absolute Gasteiger partial charge is 0.416 e. The summed E-state index contributed by atoms with van der Waals surface area (Å²) in [5.41, 5.74) is 0.127. The summed E-state index contributed by atoms with van der Waals surface area (Å²) in [5, 5.41) is 0. The quantitative estimate of drug-likeness (QED) is 0.826. The van der Waals surface area contributed by atoms with Gasteiger partial charge in [-0.05, 0) is 24.1 Å². The van der Waals surface area contributed by atoms with Gasteiger partial charge in [-0.2, -0.15) is 13.2 Å². The Kier molecular flexibility index (Phi) is 4.20. The third-order valence-corrected chi connectivity index (χ3v) is 3.46. The Hall–Kier alpha value is -1.33. The van der Waals surface area contributed by atoms with Crippen molar-refractivity contribution >= 4 is 6.08 Å². The predicted molar refractivity (Wildman–Crippen MR) is 70.0 cm³/mol. The van der Waals surface area contributed by atoms with Gasteiger partial charge in [-0.3, -0.25) is 0 Å². The van der Waals surface area contributed by atoms with E-state index in [2.05, 4.69) is 0 Å². The third-order valence-electron chi connectivity index (χ3n) is 3.46. The Bertz CT molecular complexity index is 500. The fourth-order valence-corrected chi connectivity index (χ4v) is 2.39. The van der Waals surface area contributed by atoms with Crippen LogP contribution >= 0.6 is 0 Å².